The molecule has 3 aromatic rings. The second-order valence-corrected chi connectivity index (χ2v) is 17.8. The van der Waals surface area contributed by atoms with Crippen molar-refractivity contribution >= 4 is 58.2 Å². The summed E-state index contributed by atoms with van der Waals surface area (Å²) < 4.78 is 0. The van der Waals surface area contributed by atoms with Gasteiger partial charge in [0.15, 0.2) is 5.96 Å². The Kier molecular flexibility index (Phi) is 17.5. The molecule has 2 aromatic carbocycles. The van der Waals surface area contributed by atoms with Gasteiger partial charge in [0.1, 0.15) is 36.3 Å². The summed E-state index contributed by atoms with van der Waals surface area (Å²) in [6.07, 6.45) is 6.26. The van der Waals surface area contributed by atoms with Crippen LogP contribution in [0, 0.1) is 5.92 Å². The van der Waals surface area contributed by atoms with Gasteiger partial charge < -0.3 is 58.4 Å². The monoisotopic (exact) mass is 912 g/mol. The Morgan fingerprint density at radius 2 is 1.55 bits per heavy atom. The van der Waals surface area contributed by atoms with Crippen molar-refractivity contribution in [3.05, 3.63) is 71.9 Å². The SMILES string of the molecule is CC(=O)N[C@@H](Cc1ccccc1)C(=O)NC1CCCNC(=O)C(CCCN=C(N)N)NC(=O)C(Cc2c[nH]c3ccccc23)NC(=O)[C@@H](CC2CCCCC2)NC(=O)C2C[C@@H](O)CN2C1=O. The highest BCUT2D eigenvalue weighted by atomic mass is 16.3. The minimum absolute atomic E-state index is 0.00909. The van der Waals surface area contributed by atoms with Crippen molar-refractivity contribution in [1.29, 1.82) is 0 Å². The predicted molar refractivity (Wildman–Crippen MR) is 247 cm³/mol. The van der Waals surface area contributed by atoms with Crippen LogP contribution in [0.15, 0.2) is 65.8 Å². The number of aromatic nitrogens is 1. The van der Waals surface area contributed by atoms with Gasteiger partial charge in [-0.25, -0.2) is 0 Å². The van der Waals surface area contributed by atoms with Crippen molar-refractivity contribution in [2.75, 3.05) is 19.6 Å². The number of aliphatic hydroxyl groups is 1. The maximum Gasteiger partial charge on any atom is 0.245 e. The van der Waals surface area contributed by atoms with E-state index < -0.39 is 83.7 Å². The second kappa shape index (κ2) is 23.6. The van der Waals surface area contributed by atoms with Gasteiger partial charge in [0.05, 0.1) is 6.10 Å². The summed E-state index contributed by atoms with van der Waals surface area (Å²) in [5, 5.41) is 28.9. The molecule has 0 spiro atoms. The first-order valence-electron chi connectivity index (χ1n) is 23.1. The summed E-state index contributed by atoms with van der Waals surface area (Å²) in [4.78, 5) is 107. The van der Waals surface area contributed by atoms with Crippen LogP contribution in [0.1, 0.15) is 88.7 Å². The van der Waals surface area contributed by atoms with E-state index in [4.69, 9.17) is 11.5 Å². The van der Waals surface area contributed by atoms with E-state index in [-0.39, 0.29) is 76.5 Å². The summed E-state index contributed by atoms with van der Waals surface area (Å²) in [5.74, 6) is -4.22. The number of hydrogen-bond acceptors (Lipinski definition) is 9. The number of nitrogens with zero attached hydrogens (tertiary/aromatic N) is 2. The van der Waals surface area contributed by atoms with Gasteiger partial charge in [-0.3, -0.25) is 38.6 Å². The standard InChI is InChI=1S/C47H65N11O8/c1-28(59)53-37(22-29-12-4-2-5-13-29)42(62)55-36-19-11-20-50-41(61)35(18-10-21-51-47(48)49)54-44(64)39(24-31-26-52-34-17-9-8-16-33(31)34)56-43(63)38(23-30-14-6-3-7-15-30)57-45(65)40-25-32(60)27-58(40)46(36)66/h2,4-5,8-9,12-13,16-17,26,30,32,35-40,52,60H,3,6-7,10-11,14-15,18-25,27H2,1H3,(H,50,61)(H,53,59)(H,54,64)(H,55,62)(H,56,63)(H,57,65)(H4,48,49,51)/t32-,35?,36?,37+,38-,39?,40?/m1/s1. The molecule has 0 radical (unpaired) electrons. The number of benzene rings is 2. The first-order chi connectivity index (χ1) is 31.7. The molecule has 1 aliphatic carbocycles. The molecule has 3 aliphatic rings. The molecular weight excluding hydrogens is 847 g/mol. The fourth-order valence-corrected chi connectivity index (χ4v) is 9.28. The maximum absolute atomic E-state index is 14.6. The lowest BCUT2D eigenvalue weighted by atomic mass is 9.84. The van der Waals surface area contributed by atoms with E-state index in [2.05, 4.69) is 41.9 Å². The van der Waals surface area contributed by atoms with Crippen LogP contribution < -0.4 is 43.4 Å². The molecule has 19 nitrogen and oxygen atoms in total. The lowest BCUT2D eigenvalue weighted by molar-refractivity contribution is -0.143. The number of nitrogens with two attached hydrogens (primary N) is 2. The van der Waals surface area contributed by atoms with E-state index in [9.17, 15) is 38.7 Å². The summed E-state index contributed by atoms with van der Waals surface area (Å²) in [7, 11) is 0. The smallest absolute Gasteiger partial charge is 0.245 e. The zero-order valence-electron chi connectivity index (χ0n) is 37.6. The predicted octanol–water partition coefficient (Wildman–Crippen LogP) is 0.293. The van der Waals surface area contributed by atoms with Crippen molar-refractivity contribution in [3.63, 3.8) is 0 Å². The molecule has 2 saturated heterocycles. The van der Waals surface area contributed by atoms with E-state index >= 15 is 0 Å². The molecule has 12 N–H and O–H groups in total. The van der Waals surface area contributed by atoms with Crippen LogP contribution in [0.4, 0.5) is 0 Å². The Hall–Kier alpha value is -6.50. The topological polar surface area (TPSA) is 295 Å². The van der Waals surface area contributed by atoms with Crippen LogP contribution in [-0.2, 0) is 46.4 Å². The summed E-state index contributed by atoms with van der Waals surface area (Å²) in [5.41, 5.74) is 13.4. The van der Waals surface area contributed by atoms with Gasteiger partial charge in [0, 0.05) is 62.9 Å². The van der Waals surface area contributed by atoms with Crippen LogP contribution >= 0.6 is 0 Å². The van der Waals surface area contributed by atoms with Crippen molar-refractivity contribution in [2.24, 2.45) is 22.4 Å². The number of guanidine groups is 1. The molecule has 7 atom stereocenters. The number of fused-ring (bicyclic) bond motifs is 2. The Balaban J connectivity index is 1.33. The minimum atomic E-state index is -1.25. The highest BCUT2D eigenvalue weighted by Gasteiger charge is 2.43. The van der Waals surface area contributed by atoms with Crippen LogP contribution in [0.2, 0.25) is 0 Å². The van der Waals surface area contributed by atoms with Gasteiger partial charge in [0.25, 0.3) is 0 Å². The van der Waals surface area contributed by atoms with Gasteiger partial charge in [-0.15, -0.1) is 0 Å². The second-order valence-electron chi connectivity index (χ2n) is 17.8. The number of nitrogens with one attached hydrogen (secondary N) is 7. The quantitative estimate of drug-likeness (QED) is 0.0636. The number of aromatic amines is 1. The number of carbonyl (C=O) groups is 7. The number of para-hydroxylation sites is 1. The number of rotatable bonds is 13. The fraction of sp³-hybridized carbons (Fsp3) is 0.532. The zero-order valence-corrected chi connectivity index (χ0v) is 37.6. The molecule has 66 heavy (non-hydrogen) atoms. The van der Waals surface area contributed by atoms with Gasteiger partial charge in [-0.2, -0.15) is 0 Å². The third-order valence-corrected chi connectivity index (χ3v) is 12.7. The first-order valence-corrected chi connectivity index (χ1v) is 23.1. The maximum atomic E-state index is 14.6. The third kappa shape index (κ3) is 13.8. The number of amides is 7. The highest BCUT2D eigenvalue weighted by molar-refractivity contribution is 5.98. The molecule has 3 heterocycles. The lowest BCUT2D eigenvalue weighted by Crippen LogP contribution is -2.60. The van der Waals surface area contributed by atoms with Crippen molar-refractivity contribution < 1.29 is 38.7 Å². The van der Waals surface area contributed by atoms with Gasteiger partial charge in [0.2, 0.25) is 41.4 Å². The molecule has 356 valence electrons. The molecule has 1 aromatic heterocycles. The normalized spacial score (nSPS) is 24.4. The fourth-order valence-electron chi connectivity index (χ4n) is 9.28. The molecule has 6 rings (SSSR count). The lowest BCUT2D eigenvalue weighted by Gasteiger charge is -2.32. The van der Waals surface area contributed by atoms with E-state index in [1.165, 1.54) is 11.8 Å². The molecule has 0 bridgehead atoms. The largest absolute Gasteiger partial charge is 0.391 e. The first kappa shape index (κ1) is 48.9. The molecular formula is C47H65N11O8. The van der Waals surface area contributed by atoms with Crippen molar-refractivity contribution in [1.82, 2.24) is 41.8 Å². The van der Waals surface area contributed by atoms with E-state index in [0.29, 0.717) is 6.42 Å². The summed E-state index contributed by atoms with van der Waals surface area (Å²) in [6.45, 7) is 1.27. The van der Waals surface area contributed by atoms with Crippen molar-refractivity contribution in [3.8, 4) is 0 Å². The summed E-state index contributed by atoms with van der Waals surface area (Å²) >= 11 is 0. The van der Waals surface area contributed by atoms with Crippen molar-refractivity contribution in [2.45, 2.75) is 133 Å². The molecule has 2 aliphatic heterocycles. The Morgan fingerprint density at radius 3 is 2.29 bits per heavy atom. The van der Waals surface area contributed by atoms with Gasteiger partial charge >= 0.3 is 0 Å². The Morgan fingerprint density at radius 1 is 0.848 bits per heavy atom. The minimum Gasteiger partial charge on any atom is -0.391 e. The average Bonchev–Trinajstić information content (AvgIpc) is 3.90. The molecule has 7 amide bonds. The van der Waals surface area contributed by atoms with Crippen LogP contribution in [0.5, 0.6) is 0 Å². The average molecular weight is 912 g/mol. The highest BCUT2D eigenvalue weighted by Crippen LogP contribution is 2.28. The number of carbonyl (C=O) groups excluding carboxylic acids is 7. The third-order valence-electron chi connectivity index (χ3n) is 12.7. The zero-order chi connectivity index (χ0) is 47.2. The van der Waals surface area contributed by atoms with Gasteiger partial charge in [-0.05, 0) is 55.2 Å². The molecule has 19 heteroatoms. The number of aliphatic imine (C=N–C) groups is 1. The molecule has 4 unspecified atom stereocenters. The van der Waals surface area contributed by atoms with E-state index in [1.807, 2.05) is 42.5 Å². The Bertz CT molecular complexity index is 2210. The number of H-pyrrole nitrogens is 1. The van der Waals surface area contributed by atoms with E-state index in [0.717, 1.165) is 54.1 Å². The van der Waals surface area contributed by atoms with Crippen LogP contribution in [0.25, 0.3) is 10.9 Å². The van der Waals surface area contributed by atoms with Crippen LogP contribution in [-0.4, -0.2) is 124 Å². The number of hydrogen-bond donors (Lipinski definition) is 10. The number of aliphatic hydroxyl groups excluding tert-OH is 1. The van der Waals surface area contributed by atoms with Crippen LogP contribution in [0.3, 0.4) is 0 Å². The van der Waals surface area contributed by atoms with E-state index in [1.54, 1.807) is 18.3 Å². The molecule has 3 fully saturated rings. The Labute approximate surface area is 384 Å². The summed E-state index contributed by atoms with van der Waals surface area (Å²) in [6, 6.07) is 9.68. The van der Waals surface area contributed by atoms with Gasteiger partial charge in [-0.1, -0.05) is 80.6 Å². The molecule has 1 saturated carbocycles.